The number of hydrogen-bond donors (Lipinski definition) is 1. The zero-order valence-electron chi connectivity index (χ0n) is 9.91. The second-order valence-corrected chi connectivity index (χ2v) is 4.84. The lowest BCUT2D eigenvalue weighted by Crippen LogP contribution is -2.39. The summed E-state index contributed by atoms with van der Waals surface area (Å²) in [6.07, 6.45) is 4.05. The van der Waals surface area contributed by atoms with E-state index in [0.29, 0.717) is 12.6 Å². The lowest BCUT2D eigenvalue weighted by atomic mass is 9.93. The van der Waals surface area contributed by atoms with Gasteiger partial charge in [0.25, 0.3) is 0 Å². The largest absolute Gasteiger partial charge is 0.463 e. The molecule has 0 aromatic heterocycles. The summed E-state index contributed by atoms with van der Waals surface area (Å²) >= 11 is 0. The normalized spacial score (nSPS) is 34.9. The minimum absolute atomic E-state index is 0.0381. The Hall–Kier alpha value is -0.610. The number of carbonyl (C=O) groups is 1. The molecule has 1 N–H and O–H groups in total. The van der Waals surface area contributed by atoms with Gasteiger partial charge in [0.1, 0.15) is 6.61 Å². The average Bonchev–Trinajstić information content (AvgIpc) is 2.78. The van der Waals surface area contributed by atoms with Gasteiger partial charge >= 0.3 is 5.97 Å². The molecule has 0 saturated carbocycles. The van der Waals surface area contributed by atoms with Crippen molar-refractivity contribution in [3.8, 4) is 0 Å². The van der Waals surface area contributed by atoms with E-state index in [4.69, 9.17) is 9.47 Å². The van der Waals surface area contributed by atoms with Crippen LogP contribution in [0.3, 0.4) is 0 Å². The summed E-state index contributed by atoms with van der Waals surface area (Å²) in [4.78, 5) is 11.8. The Morgan fingerprint density at radius 3 is 3.06 bits per heavy atom. The molecule has 0 spiro atoms. The molecule has 2 saturated heterocycles. The van der Waals surface area contributed by atoms with E-state index in [2.05, 4.69) is 12.2 Å². The minimum atomic E-state index is -0.0381. The van der Waals surface area contributed by atoms with Crippen molar-refractivity contribution in [3.63, 3.8) is 0 Å². The first-order valence-corrected chi connectivity index (χ1v) is 6.27. The van der Waals surface area contributed by atoms with E-state index in [1.54, 1.807) is 0 Å². The molecule has 2 fully saturated rings. The highest BCUT2D eigenvalue weighted by molar-refractivity contribution is 5.72. The van der Waals surface area contributed by atoms with Crippen molar-refractivity contribution in [2.24, 2.45) is 5.92 Å². The highest BCUT2D eigenvalue weighted by atomic mass is 16.6. The third-order valence-electron chi connectivity index (χ3n) is 3.39. The Bertz CT molecular complexity index is 238. The molecule has 0 amide bonds. The minimum Gasteiger partial charge on any atom is -0.463 e. The van der Waals surface area contributed by atoms with Gasteiger partial charge in [0, 0.05) is 12.6 Å². The third-order valence-corrected chi connectivity index (χ3v) is 3.39. The number of ether oxygens (including phenoxy) is 2. The van der Waals surface area contributed by atoms with Gasteiger partial charge in [-0.25, -0.2) is 0 Å². The molecular weight excluding hydrogens is 206 g/mol. The highest BCUT2D eigenvalue weighted by Gasteiger charge is 2.27. The van der Waals surface area contributed by atoms with Crippen molar-refractivity contribution >= 4 is 5.97 Å². The number of esters is 1. The maximum atomic E-state index is 11.8. The Morgan fingerprint density at radius 1 is 1.50 bits per heavy atom. The van der Waals surface area contributed by atoms with Crippen molar-refractivity contribution in [1.29, 1.82) is 0 Å². The predicted molar refractivity (Wildman–Crippen MR) is 60.1 cm³/mol. The van der Waals surface area contributed by atoms with Gasteiger partial charge in [-0.15, -0.1) is 0 Å². The summed E-state index contributed by atoms with van der Waals surface area (Å²) in [5.41, 5.74) is 0. The monoisotopic (exact) mass is 227 g/mol. The smallest absolute Gasteiger partial charge is 0.309 e. The molecule has 0 aliphatic carbocycles. The zero-order chi connectivity index (χ0) is 11.4. The van der Waals surface area contributed by atoms with Crippen LogP contribution >= 0.6 is 0 Å². The molecule has 0 aromatic carbocycles. The summed E-state index contributed by atoms with van der Waals surface area (Å²) < 4.78 is 10.7. The first kappa shape index (κ1) is 11.9. The molecule has 0 aromatic rings. The molecule has 0 bridgehead atoms. The van der Waals surface area contributed by atoms with Gasteiger partial charge in [-0.05, 0) is 39.2 Å². The molecule has 2 aliphatic heterocycles. The van der Waals surface area contributed by atoms with E-state index in [9.17, 15) is 4.79 Å². The molecule has 92 valence electrons. The number of piperidine rings is 1. The summed E-state index contributed by atoms with van der Waals surface area (Å²) in [6.45, 7) is 4.28. The quantitative estimate of drug-likeness (QED) is 0.733. The first-order chi connectivity index (χ1) is 7.75. The van der Waals surface area contributed by atoms with Crippen LogP contribution in [0.15, 0.2) is 0 Å². The highest BCUT2D eigenvalue weighted by Crippen LogP contribution is 2.19. The summed E-state index contributed by atoms with van der Waals surface area (Å²) in [5, 5.41) is 3.33. The molecule has 3 unspecified atom stereocenters. The van der Waals surface area contributed by atoms with Crippen LogP contribution in [0.1, 0.15) is 32.6 Å². The van der Waals surface area contributed by atoms with Gasteiger partial charge < -0.3 is 14.8 Å². The maximum Gasteiger partial charge on any atom is 0.309 e. The molecule has 3 atom stereocenters. The van der Waals surface area contributed by atoms with Gasteiger partial charge in [0.2, 0.25) is 0 Å². The number of nitrogens with one attached hydrogen (secondary N) is 1. The molecule has 4 heteroatoms. The SMILES string of the molecule is CC1CC(C(=O)OCC2CCCO2)CCN1. The number of carbonyl (C=O) groups excluding carboxylic acids is 1. The van der Waals surface area contributed by atoms with Crippen LogP contribution in [0, 0.1) is 5.92 Å². The Labute approximate surface area is 96.7 Å². The van der Waals surface area contributed by atoms with E-state index in [-0.39, 0.29) is 18.0 Å². The van der Waals surface area contributed by atoms with Gasteiger partial charge in [-0.3, -0.25) is 4.79 Å². The third kappa shape index (κ3) is 3.19. The van der Waals surface area contributed by atoms with Crippen molar-refractivity contribution in [2.45, 2.75) is 44.8 Å². The molecule has 4 nitrogen and oxygen atoms in total. The van der Waals surface area contributed by atoms with E-state index in [1.165, 1.54) is 0 Å². The number of hydrogen-bond acceptors (Lipinski definition) is 4. The summed E-state index contributed by atoms with van der Waals surface area (Å²) in [6, 6.07) is 0.425. The van der Waals surface area contributed by atoms with Crippen molar-refractivity contribution in [2.75, 3.05) is 19.8 Å². The molecule has 2 rings (SSSR count). The van der Waals surface area contributed by atoms with Crippen molar-refractivity contribution < 1.29 is 14.3 Å². The molecule has 2 heterocycles. The standard InChI is InChI=1S/C12H21NO3/c1-9-7-10(4-5-13-9)12(14)16-8-11-3-2-6-15-11/h9-11,13H,2-8H2,1H3. The number of rotatable bonds is 3. The molecule has 2 aliphatic rings. The van der Waals surface area contributed by atoms with Crippen LogP contribution in [-0.4, -0.2) is 37.9 Å². The Kier molecular flexibility index (Phi) is 4.18. The van der Waals surface area contributed by atoms with Crippen LogP contribution in [0.4, 0.5) is 0 Å². The van der Waals surface area contributed by atoms with Crippen LogP contribution < -0.4 is 5.32 Å². The van der Waals surface area contributed by atoms with E-state index in [0.717, 1.165) is 38.8 Å². The summed E-state index contributed by atoms with van der Waals surface area (Å²) in [7, 11) is 0. The van der Waals surface area contributed by atoms with Crippen LogP contribution in [0.2, 0.25) is 0 Å². The van der Waals surface area contributed by atoms with E-state index < -0.39 is 0 Å². The van der Waals surface area contributed by atoms with Crippen molar-refractivity contribution in [3.05, 3.63) is 0 Å². The maximum absolute atomic E-state index is 11.8. The fraction of sp³-hybridized carbons (Fsp3) is 0.917. The second kappa shape index (κ2) is 5.64. The second-order valence-electron chi connectivity index (χ2n) is 4.84. The topological polar surface area (TPSA) is 47.6 Å². The van der Waals surface area contributed by atoms with Gasteiger partial charge in [-0.1, -0.05) is 0 Å². The van der Waals surface area contributed by atoms with Gasteiger partial charge in [0.05, 0.1) is 12.0 Å². The molecule has 16 heavy (non-hydrogen) atoms. The summed E-state index contributed by atoms with van der Waals surface area (Å²) in [5.74, 6) is 0.0431. The Morgan fingerprint density at radius 2 is 2.38 bits per heavy atom. The van der Waals surface area contributed by atoms with E-state index in [1.807, 2.05) is 0 Å². The Balaban J connectivity index is 1.70. The fourth-order valence-electron chi connectivity index (χ4n) is 2.41. The van der Waals surface area contributed by atoms with Gasteiger partial charge in [0.15, 0.2) is 0 Å². The van der Waals surface area contributed by atoms with Crippen LogP contribution in [0.25, 0.3) is 0 Å². The van der Waals surface area contributed by atoms with Crippen LogP contribution in [0.5, 0.6) is 0 Å². The average molecular weight is 227 g/mol. The van der Waals surface area contributed by atoms with Gasteiger partial charge in [-0.2, -0.15) is 0 Å². The fourth-order valence-corrected chi connectivity index (χ4v) is 2.41. The molecular formula is C12H21NO3. The lowest BCUT2D eigenvalue weighted by molar-refractivity contribution is -0.153. The van der Waals surface area contributed by atoms with E-state index >= 15 is 0 Å². The lowest BCUT2D eigenvalue weighted by Gasteiger charge is -2.26. The van der Waals surface area contributed by atoms with Crippen molar-refractivity contribution in [1.82, 2.24) is 5.32 Å². The molecule has 0 radical (unpaired) electrons. The first-order valence-electron chi connectivity index (χ1n) is 6.27. The van der Waals surface area contributed by atoms with Crippen LogP contribution in [-0.2, 0) is 14.3 Å². The predicted octanol–water partition coefficient (Wildman–Crippen LogP) is 1.10. The zero-order valence-corrected chi connectivity index (χ0v) is 9.91.